The van der Waals surface area contributed by atoms with Gasteiger partial charge in [0.2, 0.25) is 11.0 Å². The quantitative estimate of drug-likeness (QED) is 0.763. The monoisotopic (exact) mass is 350 g/mol. The summed E-state index contributed by atoms with van der Waals surface area (Å²) in [5.74, 6) is -1.18. The minimum Gasteiger partial charge on any atom is -0.441 e. The van der Waals surface area contributed by atoms with Crippen LogP contribution in [0, 0.1) is 18.6 Å². The van der Waals surface area contributed by atoms with E-state index in [-0.39, 0.29) is 36.0 Å². The predicted octanol–water partition coefficient (Wildman–Crippen LogP) is 3.35. The number of anilines is 1. The number of benzene rings is 1. The SMILES string of the molecule is Cc1nnc(NC(=O)CCc2ncc(-c3ccc(F)cc3F)o2)s1. The first-order valence-electron chi connectivity index (χ1n) is 7.01. The summed E-state index contributed by atoms with van der Waals surface area (Å²) in [6.45, 7) is 1.79. The van der Waals surface area contributed by atoms with Crippen LogP contribution in [0.2, 0.25) is 0 Å². The van der Waals surface area contributed by atoms with Gasteiger partial charge in [-0.05, 0) is 19.1 Å². The van der Waals surface area contributed by atoms with Crippen molar-refractivity contribution in [3.63, 3.8) is 0 Å². The first kappa shape index (κ1) is 16.2. The minimum absolute atomic E-state index is 0.115. The van der Waals surface area contributed by atoms with Gasteiger partial charge < -0.3 is 9.73 Å². The Hall–Kier alpha value is -2.68. The van der Waals surface area contributed by atoms with Crippen molar-refractivity contribution in [3.05, 3.63) is 46.9 Å². The first-order chi connectivity index (χ1) is 11.5. The zero-order valence-electron chi connectivity index (χ0n) is 12.5. The lowest BCUT2D eigenvalue weighted by atomic mass is 10.2. The summed E-state index contributed by atoms with van der Waals surface area (Å²) in [5, 5.41) is 11.4. The number of carbonyl (C=O) groups excluding carboxylic acids is 1. The van der Waals surface area contributed by atoms with Gasteiger partial charge in [-0.1, -0.05) is 11.3 Å². The van der Waals surface area contributed by atoms with Crippen molar-refractivity contribution in [3.8, 4) is 11.3 Å². The van der Waals surface area contributed by atoms with Crippen molar-refractivity contribution in [2.45, 2.75) is 19.8 Å². The van der Waals surface area contributed by atoms with Crippen LogP contribution in [0.15, 0.2) is 28.8 Å². The van der Waals surface area contributed by atoms with Gasteiger partial charge in [0.25, 0.3) is 0 Å². The number of amides is 1. The fourth-order valence-electron chi connectivity index (χ4n) is 1.99. The summed E-state index contributed by atoms with van der Waals surface area (Å²) in [5.41, 5.74) is 0.115. The number of aryl methyl sites for hydroxylation is 2. The Balaban J connectivity index is 1.60. The van der Waals surface area contributed by atoms with Crippen molar-refractivity contribution < 1.29 is 18.0 Å². The Bertz CT molecular complexity index is 878. The van der Waals surface area contributed by atoms with E-state index >= 15 is 0 Å². The largest absolute Gasteiger partial charge is 0.441 e. The number of hydrogen-bond acceptors (Lipinski definition) is 6. The van der Waals surface area contributed by atoms with Crippen molar-refractivity contribution in [1.29, 1.82) is 0 Å². The molecule has 6 nitrogen and oxygen atoms in total. The molecule has 0 saturated carbocycles. The van der Waals surface area contributed by atoms with Crippen LogP contribution in [0.4, 0.5) is 13.9 Å². The molecule has 0 fully saturated rings. The van der Waals surface area contributed by atoms with Gasteiger partial charge in [0.15, 0.2) is 11.7 Å². The van der Waals surface area contributed by atoms with Gasteiger partial charge in [-0.15, -0.1) is 10.2 Å². The molecule has 2 heterocycles. The Labute approximate surface area is 139 Å². The number of aromatic nitrogens is 3. The highest BCUT2D eigenvalue weighted by Crippen LogP contribution is 2.24. The van der Waals surface area contributed by atoms with Gasteiger partial charge in [0, 0.05) is 18.9 Å². The number of halogens is 2. The molecular weight excluding hydrogens is 338 g/mol. The minimum atomic E-state index is -0.734. The second kappa shape index (κ2) is 6.83. The second-order valence-electron chi connectivity index (χ2n) is 4.92. The summed E-state index contributed by atoms with van der Waals surface area (Å²) in [6.07, 6.45) is 1.72. The standard InChI is InChI=1S/C15H12F2N4O2S/c1-8-20-21-15(24-8)19-13(22)4-5-14-18-7-12(23-14)10-3-2-9(16)6-11(10)17/h2-3,6-7H,4-5H2,1H3,(H,19,21,22). The molecule has 1 amide bonds. The molecule has 0 bridgehead atoms. The van der Waals surface area contributed by atoms with Gasteiger partial charge in [0.05, 0.1) is 11.8 Å². The topological polar surface area (TPSA) is 80.9 Å². The summed E-state index contributed by atoms with van der Waals surface area (Å²) in [4.78, 5) is 15.8. The van der Waals surface area contributed by atoms with Crippen molar-refractivity contribution >= 4 is 22.4 Å². The molecule has 1 N–H and O–H groups in total. The summed E-state index contributed by atoms with van der Waals surface area (Å²) in [7, 11) is 0. The molecule has 24 heavy (non-hydrogen) atoms. The van der Waals surface area contributed by atoms with E-state index < -0.39 is 11.6 Å². The van der Waals surface area contributed by atoms with Crippen LogP contribution in [-0.2, 0) is 11.2 Å². The molecule has 0 aliphatic heterocycles. The maximum Gasteiger partial charge on any atom is 0.226 e. The number of nitrogens with one attached hydrogen (secondary N) is 1. The lowest BCUT2D eigenvalue weighted by Gasteiger charge is -2.00. The third-order valence-electron chi connectivity index (χ3n) is 3.09. The number of oxazole rings is 1. The number of hydrogen-bond donors (Lipinski definition) is 1. The summed E-state index contributed by atoms with van der Waals surface area (Å²) >= 11 is 1.28. The molecule has 2 aromatic heterocycles. The van der Waals surface area contributed by atoms with Crippen LogP contribution in [0.3, 0.4) is 0 Å². The summed E-state index contributed by atoms with van der Waals surface area (Å²) < 4.78 is 32.0. The van der Waals surface area contributed by atoms with Crippen LogP contribution in [0.5, 0.6) is 0 Å². The molecule has 3 rings (SSSR count). The average molecular weight is 350 g/mol. The zero-order valence-corrected chi connectivity index (χ0v) is 13.4. The number of rotatable bonds is 5. The molecule has 0 radical (unpaired) electrons. The highest BCUT2D eigenvalue weighted by Gasteiger charge is 2.13. The number of nitrogens with zero attached hydrogens (tertiary/aromatic N) is 3. The van der Waals surface area contributed by atoms with E-state index in [9.17, 15) is 13.6 Å². The molecule has 9 heteroatoms. The normalized spacial score (nSPS) is 10.8. The van der Waals surface area contributed by atoms with Gasteiger partial charge in [-0.2, -0.15) is 0 Å². The van der Waals surface area contributed by atoms with E-state index in [1.165, 1.54) is 23.6 Å². The third-order valence-corrected chi connectivity index (χ3v) is 3.84. The van der Waals surface area contributed by atoms with E-state index in [0.29, 0.717) is 5.13 Å². The first-order valence-corrected chi connectivity index (χ1v) is 7.83. The van der Waals surface area contributed by atoms with Crippen LogP contribution in [-0.4, -0.2) is 21.1 Å². The molecule has 0 saturated heterocycles. The molecule has 3 aromatic rings. The van der Waals surface area contributed by atoms with Crippen LogP contribution >= 0.6 is 11.3 Å². The Kier molecular flexibility index (Phi) is 4.61. The average Bonchev–Trinajstić information content (AvgIpc) is 3.14. The lowest BCUT2D eigenvalue weighted by molar-refractivity contribution is -0.116. The molecule has 0 aliphatic carbocycles. The van der Waals surface area contributed by atoms with Gasteiger partial charge in [-0.25, -0.2) is 13.8 Å². The smallest absolute Gasteiger partial charge is 0.226 e. The molecule has 0 unspecified atom stereocenters. The van der Waals surface area contributed by atoms with Crippen molar-refractivity contribution in [1.82, 2.24) is 15.2 Å². The van der Waals surface area contributed by atoms with Crippen LogP contribution in [0.1, 0.15) is 17.3 Å². The Morgan fingerprint density at radius 1 is 1.33 bits per heavy atom. The van der Waals surface area contributed by atoms with E-state index in [1.807, 2.05) is 0 Å². The molecule has 0 spiro atoms. The molecule has 1 aromatic carbocycles. The van der Waals surface area contributed by atoms with Gasteiger partial charge >= 0.3 is 0 Å². The zero-order chi connectivity index (χ0) is 17.1. The maximum absolute atomic E-state index is 13.7. The fourth-order valence-corrected chi connectivity index (χ4v) is 2.60. The summed E-state index contributed by atoms with van der Waals surface area (Å²) in [6, 6.07) is 3.19. The van der Waals surface area contributed by atoms with Gasteiger partial charge in [-0.3, -0.25) is 4.79 Å². The third kappa shape index (κ3) is 3.80. The lowest BCUT2D eigenvalue weighted by Crippen LogP contribution is -2.12. The van der Waals surface area contributed by atoms with Crippen molar-refractivity contribution in [2.24, 2.45) is 0 Å². The Morgan fingerprint density at radius 2 is 2.17 bits per heavy atom. The number of carbonyl (C=O) groups is 1. The maximum atomic E-state index is 13.7. The second-order valence-corrected chi connectivity index (χ2v) is 6.10. The predicted molar refractivity (Wildman–Crippen MR) is 83.5 cm³/mol. The van der Waals surface area contributed by atoms with E-state index in [1.54, 1.807) is 6.92 Å². The molecule has 124 valence electrons. The van der Waals surface area contributed by atoms with Crippen LogP contribution in [0.25, 0.3) is 11.3 Å². The fraction of sp³-hybridized carbons (Fsp3) is 0.200. The van der Waals surface area contributed by atoms with E-state index in [2.05, 4.69) is 20.5 Å². The highest BCUT2D eigenvalue weighted by atomic mass is 32.1. The van der Waals surface area contributed by atoms with E-state index in [0.717, 1.165) is 17.1 Å². The molecular formula is C15H12F2N4O2S. The van der Waals surface area contributed by atoms with Gasteiger partial charge in [0.1, 0.15) is 16.6 Å². The molecule has 0 aliphatic rings. The Morgan fingerprint density at radius 3 is 2.88 bits per heavy atom. The molecule has 0 atom stereocenters. The highest BCUT2D eigenvalue weighted by molar-refractivity contribution is 7.15. The van der Waals surface area contributed by atoms with Crippen molar-refractivity contribution in [2.75, 3.05) is 5.32 Å². The van der Waals surface area contributed by atoms with Crippen LogP contribution < -0.4 is 5.32 Å². The van der Waals surface area contributed by atoms with E-state index in [4.69, 9.17) is 4.42 Å².